The van der Waals surface area contributed by atoms with Crippen LogP contribution in [-0.2, 0) is 0 Å². The lowest BCUT2D eigenvalue weighted by molar-refractivity contribution is 0.0312. The normalized spacial score (nSPS) is 36.3. The van der Waals surface area contributed by atoms with Crippen LogP contribution in [-0.4, -0.2) is 22.4 Å². The van der Waals surface area contributed by atoms with E-state index in [1.807, 2.05) is 0 Å². The van der Waals surface area contributed by atoms with Crippen LogP contribution >= 0.6 is 0 Å². The van der Waals surface area contributed by atoms with E-state index in [9.17, 15) is 10.2 Å². The molecule has 4 atom stereocenters. The molecule has 2 fully saturated rings. The molecule has 0 aromatic heterocycles. The van der Waals surface area contributed by atoms with Gasteiger partial charge in [0.15, 0.2) is 0 Å². The molecule has 4 unspecified atom stereocenters. The summed E-state index contributed by atoms with van der Waals surface area (Å²) in [5.41, 5.74) is 0.162. The molecule has 0 amide bonds. The molecule has 20 heavy (non-hydrogen) atoms. The maximum atomic E-state index is 9.89. The van der Waals surface area contributed by atoms with Crippen molar-refractivity contribution >= 4 is 0 Å². The molecule has 0 aliphatic heterocycles. The van der Waals surface area contributed by atoms with Gasteiger partial charge in [0, 0.05) is 0 Å². The quantitative estimate of drug-likeness (QED) is 0.796. The van der Waals surface area contributed by atoms with Crippen LogP contribution in [0.2, 0.25) is 0 Å². The number of hydrogen-bond donors (Lipinski definition) is 2. The Kier molecular flexibility index (Phi) is 6.53. The standard InChI is InChI=1S/C10H20O.C8H16O/c1-7(2)8-5-6-10(3,4)9(8)11;1-6(2)7-4-3-5-8(7)9/h7-9,11H,5-6H2,1-4H3;6-9H,3-5H2,1-2H3. The van der Waals surface area contributed by atoms with Gasteiger partial charge in [0.2, 0.25) is 0 Å². The van der Waals surface area contributed by atoms with Crippen molar-refractivity contribution in [2.75, 3.05) is 0 Å². The Hall–Kier alpha value is -0.0800. The van der Waals surface area contributed by atoms with E-state index >= 15 is 0 Å². The molecular weight excluding hydrogens is 248 g/mol. The van der Waals surface area contributed by atoms with Crippen LogP contribution in [0.25, 0.3) is 0 Å². The van der Waals surface area contributed by atoms with Gasteiger partial charge in [-0.15, -0.1) is 0 Å². The molecule has 2 heteroatoms. The first-order valence-electron chi connectivity index (χ1n) is 8.53. The maximum absolute atomic E-state index is 9.89. The monoisotopic (exact) mass is 284 g/mol. The van der Waals surface area contributed by atoms with Crippen molar-refractivity contribution in [1.29, 1.82) is 0 Å². The molecule has 0 heterocycles. The van der Waals surface area contributed by atoms with Gasteiger partial charge in [-0.25, -0.2) is 0 Å². The fourth-order valence-electron chi connectivity index (χ4n) is 3.87. The molecule has 0 radical (unpaired) electrons. The Labute approximate surface area is 126 Å². The van der Waals surface area contributed by atoms with E-state index < -0.39 is 0 Å². The molecule has 0 bridgehead atoms. The minimum absolute atomic E-state index is 0.00463. The Morgan fingerprint density at radius 3 is 1.60 bits per heavy atom. The molecular formula is C18H36O2. The fraction of sp³-hybridized carbons (Fsp3) is 1.00. The minimum Gasteiger partial charge on any atom is -0.393 e. The van der Waals surface area contributed by atoms with Crippen LogP contribution in [0.15, 0.2) is 0 Å². The lowest BCUT2D eigenvalue weighted by Crippen LogP contribution is -2.30. The highest BCUT2D eigenvalue weighted by Crippen LogP contribution is 2.44. The first-order valence-corrected chi connectivity index (χ1v) is 8.53. The van der Waals surface area contributed by atoms with E-state index in [1.165, 1.54) is 25.7 Å². The number of hydrogen-bond acceptors (Lipinski definition) is 2. The summed E-state index contributed by atoms with van der Waals surface area (Å²) in [6.45, 7) is 13.1. The van der Waals surface area contributed by atoms with E-state index in [0.29, 0.717) is 23.7 Å². The molecule has 0 saturated heterocycles. The van der Waals surface area contributed by atoms with E-state index in [4.69, 9.17) is 0 Å². The summed E-state index contributed by atoms with van der Waals surface area (Å²) in [6.07, 6.45) is 5.79. The van der Waals surface area contributed by atoms with Crippen LogP contribution in [0.1, 0.15) is 73.6 Å². The predicted octanol–water partition coefficient (Wildman–Crippen LogP) is 4.24. The van der Waals surface area contributed by atoms with Crippen molar-refractivity contribution in [3.8, 4) is 0 Å². The van der Waals surface area contributed by atoms with Crippen molar-refractivity contribution in [3.63, 3.8) is 0 Å². The van der Waals surface area contributed by atoms with Crippen molar-refractivity contribution in [2.24, 2.45) is 29.1 Å². The smallest absolute Gasteiger partial charge is 0.0621 e. The van der Waals surface area contributed by atoms with Crippen LogP contribution in [0.5, 0.6) is 0 Å². The van der Waals surface area contributed by atoms with Crippen LogP contribution in [0, 0.1) is 29.1 Å². The zero-order chi connectivity index (χ0) is 15.5. The number of aliphatic hydroxyl groups excluding tert-OH is 2. The Bertz CT molecular complexity index is 283. The first kappa shape index (κ1) is 18.0. The van der Waals surface area contributed by atoms with Crippen molar-refractivity contribution in [1.82, 2.24) is 0 Å². The van der Waals surface area contributed by atoms with Gasteiger partial charge in [-0.05, 0) is 54.8 Å². The van der Waals surface area contributed by atoms with Gasteiger partial charge in [0.25, 0.3) is 0 Å². The van der Waals surface area contributed by atoms with Gasteiger partial charge in [0.1, 0.15) is 0 Å². The second kappa shape index (κ2) is 7.26. The third kappa shape index (κ3) is 4.46. The second-order valence-electron chi connectivity index (χ2n) is 8.29. The summed E-state index contributed by atoms with van der Waals surface area (Å²) in [5, 5.41) is 19.2. The predicted molar refractivity (Wildman–Crippen MR) is 85.5 cm³/mol. The molecule has 2 nitrogen and oxygen atoms in total. The summed E-state index contributed by atoms with van der Waals surface area (Å²) in [4.78, 5) is 0. The Morgan fingerprint density at radius 2 is 1.40 bits per heavy atom. The average Bonchev–Trinajstić information content (AvgIpc) is 2.85. The van der Waals surface area contributed by atoms with Gasteiger partial charge in [-0.1, -0.05) is 48.0 Å². The summed E-state index contributed by atoms with van der Waals surface area (Å²) in [6, 6.07) is 0. The van der Waals surface area contributed by atoms with Gasteiger partial charge < -0.3 is 10.2 Å². The topological polar surface area (TPSA) is 40.5 Å². The van der Waals surface area contributed by atoms with Crippen molar-refractivity contribution in [2.45, 2.75) is 85.9 Å². The van der Waals surface area contributed by atoms with Crippen LogP contribution in [0.4, 0.5) is 0 Å². The van der Waals surface area contributed by atoms with E-state index in [0.717, 1.165) is 6.42 Å². The summed E-state index contributed by atoms with van der Waals surface area (Å²) in [7, 11) is 0. The van der Waals surface area contributed by atoms with Crippen LogP contribution in [0.3, 0.4) is 0 Å². The molecule has 2 rings (SSSR count). The third-order valence-electron chi connectivity index (χ3n) is 5.57. The van der Waals surface area contributed by atoms with Crippen LogP contribution < -0.4 is 0 Å². The molecule has 2 N–H and O–H groups in total. The molecule has 0 spiro atoms. The Morgan fingerprint density at radius 1 is 0.850 bits per heavy atom. The summed E-state index contributed by atoms with van der Waals surface area (Å²) < 4.78 is 0. The van der Waals surface area contributed by atoms with Gasteiger partial charge in [-0.2, -0.15) is 0 Å². The molecule has 120 valence electrons. The highest BCUT2D eigenvalue weighted by atomic mass is 16.3. The molecule has 0 aromatic rings. The largest absolute Gasteiger partial charge is 0.393 e. The van der Waals surface area contributed by atoms with Crippen molar-refractivity contribution in [3.05, 3.63) is 0 Å². The third-order valence-corrected chi connectivity index (χ3v) is 5.57. The Balaban J connectivity index is 0.000000204. The summed E-state index contributed by atoms with van der Waals surface area (Å²) >= 11 is 0. The lowest BCUT2D eigenvalue weighted by Gasteiger charge is -2.27. The highest BCUT2D eigenvalue weighted by molar-refractivity contribution is 4.91. The average molecular weight is 284 g/mol. The van der Waals surface area contributed by atoms with E-state index in [1.54, 1.807) is 0 Å². The number of aliphatic hydroxyl groups is 2. The van der Waals surface area contributed by atoms with Gasteiger partial charge in [-0.3, -0.25) is 0 Å². The van der Waals surface area contributed by atoms with E-state index in [2.05, 4.69) is 41.5 Å². The van der Waals surface area contributed by atoms with E-state index in [-0.39, 0.29) is 17.6 Å². The van der Waals surface area contributed by atoms with Gasteiger partial charge >= 0.3 is 0 Å². The highest BCUT2D eigenvalue weighted by Gasteiger charge is 2.41. The second-order valence-corrected chi connectivity index (χ2v) is 8.29. The lowest BCUT2D eigenvalue weighted by atomic mass is 9.84. The maximum Gasteiger partial charge on any atom is 0.0621 e. The molecule has 0 aromatic carbocycles. The zero-order valence-electron chi connectivity index (χ0n) is 14.4. The van der Waals surface area contributed by atoms with Crippen molar-refractivity contribution < 1.29 is 10.2 Å². The van der Waals surface area contributed by atoms with Gasteiger partial charge in [0.05, 0.1) is 12.2 Å². The molecule has 2 aliphatic carbocycles. The fourth-order valence-corrected chi connectivity index (χ4v) is 3.87. The molecule has 2 aliphatic rings. The SMILES string of the molecule is CC(C)C1CCC(C)(C)C1O.CC(C)C1CCCC1O. The minimum atomic E-state index is -0.0810. The molecule has 2 saturated carbocycles. The summed E-state index contributed by atoms with van der Waals surface area (Å²) in [5.74, 6) is 2.42. The first-order chi connectivity index (χ1) is 9.16. The number of rotatable bonds is 2. The zero-order valence-corrected chi connectivity index (χ0v) is 14.4.